The van der Waals surface area contributed by atoms with E-state index in [9.17, 15) is 0 Å². The van der Waals surface area contributed by atoms with Gasteiger partial charge in [0, 0.05) is 19.3 Å². The lowest BCUT2D eigenvalue weighted by atomic mass is 10.3. The maximum Gasteiger partial charge on any atom is 0.185 e. The predicted molar refractivity (Wildman–Crippen MR) is 55.7 cm³/mol. The third-order valence-electron chi connectivity index (χ3n) is 2.21. The van der Waals surface area contributed by atoms with Gasteiger partial charge in [0.25, 0.3) is 0 Å². The number of aliphatic hydroxyl groups is 1. The number of hydrogen-bond acceptors (Lipinski definition) is 5. The van der Waals surface area contributed by atoms with Crippen LogP contribution in [0.5, 0.6) is 0 Å². The van der Waals surface area contributed by atoms with E-state index in [1.54, 1.807) is 17.5 Å². The van der Waals surface area contributed by atoms with Crippen molar-refractivity contribution >= 4 is 16.5 Å². The maximum absolute atomic E-state index is 8.93. The van der Waals surface area contributed by atoms with Crippen molar-refractivity contribution in [1.82, 2.24) is 4.98 Å². The highest BCUT2D eigenvalue weighted by atomic mass is 32.1. The Labute approximate surface area is 87.1 Å². The van der Waals surface area contributed by atoms with Crippen LogP contribution < -0.4 is 4.90 Å². The number of aromatic nitrogens is 1. The van der Waals surface area contributed by atoms with Crippen LogP contribution >= 0.6 is 11.3 Å². The first-order valence-corrected chi connectivity index (χ1v) is 5.53. The molecular formula is C9H14N2O2S. The molecule has 0 radical (unpaired) electrons. The summed E-state index contributed by atoms with van der Waals surface area (Å²) in [7, 11) is 0. The third-order valence-corrected chi connectivity index (χ3v) is 3.25. The van der Waals surface area contributed by atoms with Gasteiger partial charge < -0.3 is 14.7 Å². The van der Waals surface area contributed by atoms with Gasteiger partial charge in [-0.05, 0) is 6.92 Å². The Balaban J connectivity index is 2.06. The highest BCUT2D eigenvalue weighted by Gasteiger charge is 2.19. The van der Waals surface area contributed by atoms with Crippen LogP contribution in [0.1, 0.15) is 11.8 Å². The van der Waals surface area contributed by atoms with Crippen LogP contribution in [0, 0.1) is 0 Å². The fourth-order valence-corrected chi connectivity index (χ4v) is 2.31. The molecule has 0 aliphatic carbocycles. The molecule has 1 aliphatic heterocycles. The summed E-state index contributed by atoms with van der Waals surface area (Å²) in [6.45, 7) is 4.68. The molecule has 14 heavy (non-hydrogen) atoms. The Morgan fingerprint density at radius 2 is 2.64 bits per heavy atom. The van der Waals surface area contributed by atoms with E-state index in [1.165, 1.54) is 0 Å². The summed E-state index contributed by atoms with van der Waals surface area (Å²) in [4.78, 5) is 7.40. The Morgan fingerprint density at radius 1 is 1.79 bits per heavy atom. The average Bonchev–Trinajstić information content (AvgIpc) is 2.66. The van der Waals surface area contributed by atoms with Gasteiger partial charge in [0.2, 0.25) is 0 Å². The standard InChI is InChI=1S/C9H14N2O2S/c1-7-5-11(2-3-13-7)9-10-4-8(6-12)14-9/h4,7,12H,2-3,5-6H2,1H3. The number of anilines is 1. The van der Waals surface area contributed by atoms with Crippen LogP contribution in [0.25, 0.3) is 0 Å². The van der Waals surface area contributed by atoms with Crippen LogP contribution in [-0.4, -0.2) is 35.9 Å². The Hall–Kier alpha value is -0.650. The number of nitrogens with zero attached hydrogens (tertiary/aromatic N) is 2. The normalized spacial score (nSPS) is 22.7. The van der Waals surface area contributed by atoms with Gasteiger partial charge in [0.05, 0.1) is 24.2 Å². The van der Waals surface area contributed by atoms with Crippen molar-refractivity contribution in [2.75, 3.05) is 24.6 Å². The molecule has 0 spiro atoms. The number of thiazole rings is 1. The highest BCUT2D eigenvalue weighted by molar-refractivity contribution is 7.15. The molecule has 0 amide bonds. The second kappa shape index (κ2) is 4.25. The van der Waals surface area contributed by atoms with Gasteiger partial charge in [-0.25, -0.2) is 4.98 Å². The number of morpholine rings is 1. The molecule has 1 aromatic heterocycles. The van der Waals surface area contributed by atoms with Crippen LogP contribution in [0.2, 0.25) is 0 Å². The van der Waals surface area contributed by atoms with E-state index in [-0.39, 0.29) is 12.7 Å². The van der Waals surface area contributed by atoms with Gasteiger partial charge >= 0.3 is 0 Å². The molecule has 1 saturated heterocycles. The molecular weight excluding hydrogens is 200 g/mol. The van der Waals surface area contributed by atoms with Gasteiger partial charge in [0.1, 0.15) is 0 Å². The van der Waals surface area contributed by atoms with Gasteiger partial charge in [-0.15, -0.1) is 0 Å². The number of rotatable bonds is 2. The van der Waals surface area contributed by atoms with Gasteiger partial charge in [-0.3, -0.25) is 0 Å². The van der Waals surface area contributed by atoms with Crippen LogP contribution in [0.15, 0.2) is 6.20 Å². The monoisotopic (exact) mass is 214 g/mol. The van der Waals surface area contributed by atoms with E-state index in [2.05, 4.69) is 16.8 Å². The van der Waals surface area contributed by atoms with Gasteiger partial charge in [-0.2, -0.15) is 0 Å². The maximum atomic E-state index is 8.93. The lowest BCUT2D eigenvalue weighted by Gasteiger charge is -2.30. The molecule has 0 aromatic carbocycles. The van der Waals surface area contributed by atoms with Crippen molar-refractivity contribution in [2.45, 2.75) is 19.6 Å². The second-order valence-electron chi connectivity index (χ2n) is 3.39. The van der Waals surface area contributed by atoms with Crippen molar-refractivity contribution in [3.63, 3.8) is 0 Å². The van der Waals surface area contributed by atoms with Crippen LogP contribution in [0.3, 0.4) is 0 Å². The molecule has 1 unspecified atom stereocenters. The van der Waals surface area contributed by atoms with E-state index in [1.807, 2.05) is 0 Å². The SMILES string of the molecule is CC1CN(c2ncc(CO)s2)CCO1. The first-order valence-electron chi connectivity index (χ1n) is 4.71. The predicted octanol–water partition coefficient (Wildman–Crippen LogP) is 0.861. The summed E-state index contributed by atoms with van der Waals surface area (Å²) in [6.07, 6.45) is 2.00. The summed E-state index contributed by atoms with van der Waals surface area (Å²) >= 11 is 1.55. The quantitative estimate of drug-likeness (QED) is 0.793. The van der Waals surface area contributed by atoms with Crippen molar-refractivity contribution in [2.24, 2.45) is 0 Å². The minimum absolute atomic E-state index is 0.0809. The fraction of sp³-hybridized carbons (Fsp3) is 0.667. The minimum Gasteiger partial charge on any atom is -0.391 e. The summed E-state index contributed by atoms with van der Waals surface area (Å²) in [6, 6.07) is 0. The zero-order valence-corrected chi connectivity index (χ0v) is 8.96. The Kier molecular flexibility index (Phi) is 3.00. The first-order chi connectivity index (χ1) is 6.79. The van der Waals surface area contributed by atoms with Crippen molar-refractivity contribution in [1.29, 1.82) is 0 Å². The zero-order valence-electron chi connectivity index (χ0n) is 8.14. The van der Waals surface area contributed by atoms with E-state index in [0.29, 0.717) is 0 Å². The van der Waals surface area contributed by atoms with Gasteiger partial charge in [-0.1, -0.05) is 11.3 Å². The largest absolute Gasteiger partial charge is 0.391 e. The molecule has 1 fully saturated rings. The molecule has 1 aromatic rings. The molecule has 0 bridgehead atoms. The Bertz CT molecular complexity index is 303. The fourth-order valence-electron chi connectivity index (χ4n) is 1.51. The van der Waals surface area contributed by atoms with E-state index < -0.39 is 0 Å². The first kappa shape index (κ1) is 9.89. The lowest BCUT2D eigenvalue weighted by molar-refractivity contribution is 0.0532. The number of hydrogen-bond donors (Lipinski definition) is 1. The molecule has 1 aliphatic rings. The topological polar surface area (TPSA) is 45.6 Å². The number of ether oxygens (including phenoxy) is 1. The molecule has 4 nitrogen and oxygen atoms in total. The van der Waals surface area contributed by atoms with Crippen LogP contribution in [0.4, 0.5) is 5.13 Å². The summed E-state index contributed by atoms with van der Waals surface area (Å²) in [5, 5.41) is 9.92. The smallest absolute Gasteiger partial charge is 0.185 e. The molecule has 1 atom stereocenters. The number of aliphatic hydroxyl groups excluding tert-OH is 1. The van der Waals surface area contributed by atoms with E-state index in [4.69, 9.17) is 9.84 Å². The summed E-state index contributed by atoms with van der Waals surface area (Å²) in [5.41, 5.74) is 0. The van der Waals surface area contributed by atoms with E-state index in [0.717, 1.165) is 29.7 Å². The summed E-state index contributed by atoms with van der Waals surface area (Å²) in [5.74, 6) is 0. The molecule has 2 heterocycles. The second-order valence-corrected chi connectivity index (χ2v) is 4.49. The van der Waals surface area contributed by atoms with Crippen molar-refractivity contribution in [3.8, 4) is 0 Å². The highest BCUT2D eigenvalue weighted by Crippen LogP contribution is 2.24. The molecule has 78 valence electrons. The van der Waals surface area contributed by atoms with E-state index >= 15 is 0 Å². The molecule has 5 heteroatoms. The summed E-state index contributed by atoms with van der Waals surface area (Å²) < 4.78 is 5.45. The lowest BCUT2D eigenvalue weighted by Crippen LogP contribution is -2.41. The molecule has 1 N–H and O–H groups in total. The minimum atomic E-state index is 0.0809. The van der Waals surface area contributed by atoms with Gasteiger partial charge in [0.15, 0.2) is 5.13 Å². The molecule has 2 rings (SSSR count). The molecule has 0 saturated carbocycles. The third kappa shape index (κ3) is 2.05. The zero-order chi connectivity index (χ0) is 9.97. The Morgan fingerprint density at radius 3 is 3.29 bits per heavy atom. The van der Waals surface area contributed by atoms with Crippen LogP contribution in [-0.2, 0) is 11.3 Å². The van der Waals surface area contributed by atoms with Crippen molar-refractivity contribution < 1.29 is 9.84 Å². The average molecular weight is 214 g/mol. The van der Waals surface area contributed by atoms with Crippen molar-refractivity contribution in [3.05, 3.63) is 11.1 Å².